The summed E-state index contributed by atoms with van der Waals surface area (Å²) >= 11 is 0. The summed E-state index contributed by atoms with van der Waals surface area (Å²) in [4.78, 5) is 17.6. The van der Waals surface area contributed by atoms with Crippen molar-refractivity contribution < 1.29 is 4.79 Å². The minimum atomic E-state index is 0.145. The molecule has 0 unspecified atom stereocenters. The predicted octanol–water partition coefficient (Wildman–Crippen LogP) is 4.11. The summed E-state index contributed by atoms with van der Waals surface area (Å²) < 4.78 is 0. The van der Waals surface area contributed by atoms with Crippen molar-refractivity contribution in [3.05, 3.63) is 71.8 Å². The standard InChI is InChI=1S/C27H37N3O/c31-26(22-29-16-8-3-9-17-29)28-23-27(20-24-10-4-1-5-11-24)14-18-30(19-15-27)21-25-12-6-2-7-13-25/h1-2,4-7,10-13H,3,8-9,14-23H2,(H,28,31). The molecule has 2 fully saturated rings. The van der Waals surface area contributed by atoms with Gasteiger partial charge in [-0.25, -0.2) is 0 Å². The number of amides is 1. The second-order valence-electron chi connectivity index (χ2n) is 9.54. The van der Waals surface area contributed by atoms with E-state index in [1.807, 2.05) is 0 Å². The Morgan fingerprint density at radius 3 is 2.03 bits per heavy atom. The third-order valence-electron chi connectivity index (χ3n) is 7.06. The van der Waals surface area contributed by atoms with Crippen LogP contribution in [0, 0.1) is 5.41 Å². The van der Waals surface area contributed by atoms with Crippen molar-refractivity contribution >= 4 is 5.91 Å². The van der Waals surface area contributed by atoms with Gasteiger partial charge in [0.1, 0.15) is 0 Å². The maximum Gasteiger partial charge on any atom is 0.234 e. The number of rotatable bonds is 8. The topological polar surface area (TPSA) is 35.6 Å². The maximum absolute atomic E-state index is 12.7. The highest BCUT2D eigenvalue weighted by Crippen LogP contribution is 2.35. The monoisotopic (exact) mass is 419 g/mol. The van der Waals surface area contributed by atoms with Crippen LogP contribution in [-0.4, -0.2) is 55.0 Å². The highest BCUT2D eigenvalue weighted by molar-refractivity contribution is 5.78. The number of carbonyl (C=O) groups excluding carboxylic acids is 1. The van der Waals surface area contributed by atoms with Crippen molar-refractivity contribution in [1.82, 2.24) is 15.1 Å². The van der Waals surface area contributed by atoms with E-state index in [2.05, 4.69) is 75.8 Å². The summed E-state index contributed by atoms with van der Waals surface area (Å²) in [5.41, 5.74) is 2.91. The van der Waals surface area contributed by atoms with E-state index in [1.165, 1.54) is 30.4 Å². The maximum atomic E-state index is 12.7. The van der Waals surface area contributed by atoms with Crippen molar-refractivity contribution in [2.45, 2.75) is 45.1 Å². The molecule has 2 heterocycles. The minimum Gasteiger partial charge on any atom is -0.354 e. The largest absolute Gasteiger partial charge is 0.354 e. The van der Waals surface area contributed by atoms with Gasteiger partial charge in [-0.05, 0) is 74.8 Å². The van der Waals surface area contributed by atoms with Crippen LogP contribution in [0.15, 0.2) is 60.7 Å². The summed E-state index contributed by atoms with van der Waals surface area (Å²) in [5, 5.41) is 3.33. The van der Waals surface area contributed by atoms with Crippen LogP contribution in [-0.2, 0) is 17.8 Å². The molecule has 0 spiro atoms. The number of piperidine rings is 2. The van der Waals surface area contributed by atoms with Crippen LogP contribution in [0.1, 0.15) is 43.2 Å². The molecule has 4 rings (SSSR count). The van der Waals surface area contributed by atoms with Crippen molar-refractivity contribution in [1.29, 1.82) is 0 Å². The summed E-state index contributed by atoms with van der Waals surface area (Å²) in [6.07, 6.45) is 7.04. The van der Waals surface area contributed by atoms with Crippen molar-refractivity contribution in [2.24, 2.45) is 5.41 Å². The fourth-order valence-corrected chi connectivity index (χ4v) is 5.13. The Bertz CT molecular complexity index is 794. The Morgan fingerprint density at radius 1 is 0.774 bits per heavy atom. The van der Waals surface area contributed by atoms with Gasteiger partial charge < -0.3 is 5.32 Å². The SMILES string of the molecule is O=C(CN1CCCCC1)NCC1(Cc2ccccc2)CCN(Cc2ccccc2)CC1. The zero-order chi connectivity index (χ0) is 21.4. The van der Waals surface area contributed by atoms with Crippen LogP contribution >= 0.6 is 0 Å². The number of hydrogen-bond acceptors (Lipinski definition) is 3. The molecular weight excluding hydrogens is 382 g/mol. The van der Waals surface area contributed by atoms with Gasteiger partial charge in [-0.2, -0.15) is 0 Å². The molecule has 1 N–H and O–H groups in total. The van der Waals surface area contributed by atoms with Gasteiger partial charge in [0.05, 0.1) is 6.54 Å². The van der Waals surface area contributed by atoms with Crippen LogP contribution in [0.3, 0.4) is 0 Å². The molecule has 0 bridgehead atoms. The van der Waals surface area contributed by atoms with Gasteiger partial charge in [-0.3, -0.25) is 14.6 Å². The van der Waals surface area contributed by atoms with Crippen molar-refractivity contribution in [3.63, 3.8) is 0 Å². The van der Waals surface area contributed by atoms with E-state index < -0.39 is 0 Å². The number of hydrogen-bond donors (Lipinski definition) is 1. The second-order valence-corrected chi connectivity index (χ2v) is 9.54. The first-order valence-corrected chi connectivity index (χ1v) is 12.0. The first kappa shape index (κ1) is 22.0. The average molecular weight is 420 g/mol. The van der Waals surface area contributed by atoms with Crippen molar-refractivity contribution in [3.8, 4) is 0 Å². The molecule has 2 saturated heterocycles. The molecule has 4 heteroatoms. The van der Waals surface area contributed by atoms with Gasteiger partial charge >= 0.3 is 0 Å². The number of benzene rings is 2. The first-order chi connectivity index (χ1) is 15.2. The van der Waals surface area contributed by atoms with Crippen LogP contribution in [0.25, 0.3) is 0 Å². The number of carbonyl (C=O) groups is 1. The van der Waals surface area contributed by atoms with Crippen LogP contribution in [0.2, 0.25) is 0 Å². The smallest absolute Gasteiger partial charge is 0.234 e. The number of likely N-dealkylation sites (tertiary alicyclic amines) is 2. The van der Waals surface area contributed by atoms with E-state index in [0.29, 0.717) is 6.54 Å². The quantitative estimate of drug-likeness (QED) is 0.699. The normalized spacial score (nSPS) is 19.7. The minimum absolute atomic E-state index is 0.145. The second kappa shape index (κ2) is 10.9. The van der Waals surface area contributed by atoms with E-state index in [9.17, 15) is 4.79 Å². The zero-order valence-corrected chi connectivity index (χ0v) is 18.8. The summed E-state index contributed by atoms with van der Waals surface area (Å²) in [5.74, 6) is 0.195. The lowest BCUT2D eigenvalue weighted by molar-refractivity contribution is -0.123. The first-order valence-electron chi connectivity index (χ1n) is 12.0. The highest BCUT2D eigenvalue weighted by atomic mass is 16.2. The third kappa shape index (κ3) is 6.65. The summed E-state index contributed by atoms with van der Waals surface area (Å²) in [6.45, 7) is 6.67. The van der Waals surface area contributed by atoms with Crippen LogP contribution in [0.4, 0.5) is 0 Å². The predicted molar refractivity (Wildman–Crippen MR) is 127 cm³/mol. The van der Waals surface area contributed by atoms with Crippen LogP contribution in [0.5, 0.6) is 0 Å². The Balaban J connectivity index is 1.35. The Morgan fingerprint density at radius 2 is 1.39 bits per heavy atom. The summed E-state index contributed by atoms with van der Waals surface area (Å²) in [7, 11) is 0. The van der Waals surface area contributed by atoms with E-state index in [0.717, 1.165) is 58.5 Å². The van der Waals surface area contributed by atoms with E-state index in [-0.39, 0.29) is 11.3 Å². The van der Waals surface area contributed by atoms with Crippen molar-refractivity contribution in [2.75, 3.05) is 39.3 Å². The van der Waals surface area contributed by atoms with E-state index in [4.69, 9.17) is 0 Å². The average Bonchev–Trinajstić information content (AvgIpc) is 2.81. The number of nitrogens with one attached hydrogen (secondary N) is 1. The molecule has 2 aromatic carbocycles. The molecule has 2 aromatic rings. The molecule has 0 aliphatic carbocycles. The molecule has 166 valence electrons. The van der Waals surface area contributed by atoms with Crippen LogP contribution < -0.4 is 5.32 Å². The Hall–Kier alpha value is -2.17. The lowest BCUT2D eigenvalue weighted by Gasteiger charge is -2.42. The molecule has 1 amide bonds. The van der Waals surface area contributed by atoms with Gasteiger partial charge in [0, 0.05) is 13.1 Å². The molecule has 0 aromatic heterocycles. The lowest BCUT2D eigenvalue weighted by Crippen LogP contribution is -2.49. The molecule has 2 aliphatic heterocycles. The third-order valence-corrected chi connectivity index (χ3v) is 7.06. The molecule has 4 nitrogen and oxygen atoms in total. The molecule has 31 heavy (non-hydrogen) atoms. The van der Waals surface area contributed by atoms with Gasteiger partial charge in [-0.1, -0.05) is 67.1 Å². The Labute approximate surface area is 187 Å². The van der Waals surface area contributed by atoms with Gasteiger partial charge in [0.2, 0.25) is 5.91 Å². The lowest BCUT2D eigenvalue weighted by atomic mass is 9.73. The Kier molecular flexibility index (Phi) is 7.76. The summed E-state index contributed by atoms with van der Waals surface area (Å²) in [6, 6.07) is 21.6. The molecular formula is C27H37N3O. The highest BCUT2D eigenvalue weighted by Gasteiger charge is 2.35. The zero-order valence-electron chi connectivity index (χ0n) is 18.8. The molecule has 0 atom stereocenters. The van der Waals surface area contributed by atoms with E-state index in [1.54, 1.807) is 0 Å². The van der Waals surface area contributed by atoms with Gasteiger partial charge in [0.15, 0.2) is 0 Å². The molecule has 0 saturated carbocycles. The molecule has 2 aliphatic rings. The number of nitrogens with zero attached hydrogens (tertiary/aromatic N) is 2. The van der Waals surface area contributed by atoms with E-state index >= 15 is 0 Å². The van der Waals surface area contributed by atoms with Gasteiger partial charge in [-0.15, -0.1) is 0 Å². The van der Waals surface area contributed by atoms with Gasteiger partial charge in [0.25, 0.3) is 0 Å². The molecule has 0 radical (unpaired) electrons. The fourth-order valence-electron chi connectivity index (χ4n) is 5.13. The fraction of sp³-hybridized carbons (Fsp3) is 0.519.